The molecule has 18 heavy (non-hydrogen) atoms. The van der Waals surface area contributed by atoms with Crippen molar-refractivity contribution < 1.29 is 8.78 Å². The molecule has 2 atom stereocenters. The second-order valence-electron chi connectivity index (χ2n) is 5.33. The molecule has 1 saturated heterocycles. The number of piperidine rings is 1. The van der Waals surface area contributed by atoms with Crippen LogP contribution in [0.4, 0.5) is 8.78 Å². The van der Waals surface area contributed by atoms with Gasteiger partial charge in [-0.2, -0.15) is 0 Å². The Morgan fingerprint density at radius 1 is 1.22 bits per heavy atom. The maximum atomic E-state index is 13.3. The Balaban J connectivity index is 2.31. The fourth-order valence-electron chi connectivity index (χ4n) is 2.72. The van der Waals surface area contributed by atoms with Crippen molar-refractivity contribution in [2.75, 3.05) is 6.54 Å². The SMILES string of the molecule is CC(C)N1CCC(N)CC1c1cc(F)cc(F)c1. The van der Waals surface area contributed by atoms with Crippen molar-refractivity contribution in [1.82, 2.24) is 4.90 Å². The van der Waals surface area contributed by atoms with Crippen LogP contribution in [0.3, 0.4) is 0 Å². The molecule has 2 unspecified atom stereocenters. The van der Waals surface area contributed by atoms with E-state index in [1.54, 1.807) is 0 Å². The van der Waals surface area contributed by atoms with E-state index in [0.29, 0.717) is 11.6 Å². The van der Waals surface area contributed by atoms with Crippen LogP contribution in [-0.2, 0) is 0 Å². The monoisotopic (exact) mass is 254 g/mol. The van der Waals surface area contributed by atoms with Gasteiger partial charge in [0.05, 0.1) is 0 Å². The van der Waals surface area contributed by atoms with E-state index in [0.717, 1.165) is 25.5 Å². The molecule has 1 heterocycles. The number of nitrogens with zero attached hydrogens (tertiary/aromatic N) is 1. The third-order valence-corrected chi connectivity index (χ3v) is 3.62. The van der Waals surface area contributed by atoms with Crippen molar-refractivity contribution in [1.29, 1.82) is 0 Å². The Kier molecular flexibility index (Phi) is 3.97. The molecule has 0 spiro atoms. The fraction of sp³-hybridized carbons (Fsp3) is 0.571. The Labute approximate surface area is 107 Å². The molecular weight excluding hydrogens is 234 g/mol. The summed E-state index contributed by atoms with van der Waals surface area (Å²) in [7, 11) is 0. The van der Waals surface area contributed by atoms with E-state index in [4.69, 9.17) is 5.73 Å². The minimum Gasteiger partial charge on any atom is -0.328 e. The quantitative estimate of drug-likeness (QED) is 0.879. The molecule has 0 aliphatic carbocycles. The highest BCUT2D eigenvalue weighted by molar-refractivity contribution is 5.22. The Hall–Kier alpha value is -1.00. The van der Waals surface area contributed by atoms with Gasteiger partial charge in [-0.25, -0.2) is 8.78 Å². The largest absolute Gasteiger partial charge is 0.328 e. The number of halogens is 2. The van der Waals surface area contributed by atoms with Crippen molar-refractivity contribution in [3.05, 3.63) is 35.4 Å². The number of likely N-dealkylation sites (tertiary alicyclic amines) is 1. The van der Waals surface area contributed by atoms with E-state index in [-0.39, 0.29) is 12.1 Å². The smallest absolute Gasteiger partial charge is 0.126 e. The first-order valence-corrected chi connectivity index (χ1v) is 6.44. The maximum Gasteiger partial charge on any atom is 0.126 e. The van der Waals surface area contributed by atoms with Crippen molar-refractivity contribution in [3.63, 3.8) is 0 Å². The van der Waals surface area contributed by atoms with E-state index in [2.05, 4.69) is 18.7 Å². The predicted octanol–water partition coefficient (Wildman–Crippen LogP) is 2.84. The lowest BCUT2D eigenvalue weighted by atomic mass is 9.91. The first-order chi connectivity index (χ1) is 8.47. The average molecular weight is 254 g/mol. The van der Waals surface area contributed by atoms with Gasteiger partial charge in [-0.15, -0.1) is 0 Å². The highest BCUT2D eigenvalue weighted by Crippen LogP contribution is 2.32. The fourth-order valence-corrected chi connectivity index (χ4v) is 2.72. The molecule has 0 aromatic heterocycles. The standard InChI is InChI=1S/C14H20F2N2/c1-9(2)18-4-3-13(17)8-14(18)10-5-11(15)7-12(16)6-10/h5-7,9,13-14H,3-4,8,17H2,1-2H3. The van der Waals surface area contributed by atoms with E-state index in [9.17, 15) is 8.78 Å². The van der Waals surface area contributed by atoms with Gasteiger partial charge in [0, 0.05) is 30.7 Å². The Morgan fingerprint density at radius 3 is 2.39 bits per heavy atom. The number of rotatable bonds is 2. The highest BCUT2D eigenvalue weighted by Gasteiger charge is 2.29. The lowest BCUT2D eigenvalue weighted by Gasteiger charge is -2.41. The van der Waals surface area contributed by atoms with Gasteiger partial charge in [-0.05, 0) is 44.4 Å². The zero-order chi connectivity index (χ0) is 13.3. The minimum atomic E-state index is -0.521. The van der Waals surface area contributed by atoms with Crippen LogP contribution < -0.4 is 5.73 Å². The summed E-state index contributed by atoms with van der Waals surface area (Å²) in [5.41, 5.74) is 6.68. The molecule has 2 rings (SSSR count). The number of hydrogen-bond donors (Lipinski definition) is 1. The van der Waals surface area contributed by atoms with Gasteiger partial charge in [0.25, 0.3) is 0 Å². The second kappa shape index (κ2) is 5.33. The number of benzene rings is 1. The third-order valence-electron chi connectivity index (χ3n) is 3.62. The second-order valence-corrected chi connectivity index (χ2v) is 5.33. The normalized spacial score (nSPS) is 25.7. The van der Waals surface area contributed by atoms with E-state index in [1.165, 1.54) is 12.1 Å². The summed E-state index contributed by atoms with van der Waals surface area (Å²) in [6.45, 7) is 5.07. The molecule has 100 valence electrons. The van der Waals surface area contributed by atoms with Crippen LogP contribution >= 0.6 is 0 Å². The zero-order valence-electron chi connectivity index (χ0n) is 10.9. The van der Waals surface area contributed by atoms with Gasteiger partial charge in [0.1, 0.15) is 11.6 Å². The van der Waals surface area contributed by atoms with Crippen LogP contribution in [0, 0.1) is 11.6 Å². The molecule has 4 heteroatoms. The summed E-state index contributed by atoms with van der Waals surface area (Å²) in [6, 6.07) is 4.21. The minimum absolute atomic E-state index is 0.0129. The van der Waals surface area contributed by atoms with Gasteiger partial charge >= 0.3 is 0 Å². The summed E-state index contributed by atoms with van der Waals surface area (Å²) in [5.74, 6) is -1.04. The molecular formula is C14H20F2N2. The lowest BCUT2D eigenvalue weighted by Crippen LogP contribution is -2.45. The van der Waals surface area contributed by atoms with Crippen LogP contribution in [0.1, 0.15) is 38.3 Å². The lowest BCUT2D eigenvalue weighted by molar-refractivity contribution is 0.101. The molecule has 0 radical (unpaired) electrons. The van der Waals surface area contributed by atoms with E-state index in [1.807, 2.05) is 0 Å². The van der Waals surface area contributed by atoms with Crippen molar-refractivity contribution >= 4 is 0 Å². The average Bonchev–Trinajstić information content (AvgIpc) is 2.27. The summed E-state index contributed by atoms with van der Waals surface area (Å²) in [4.78, 5) is 2.26. The molecule has 0 bridgehead atoms. The van der Waals surface area contributed by atoms with Crippen LogP contribution in [0.25, 0.3) is 0 Å². The first kappa shape index (κ1) is 13.4. The molecule has 1 aliphatic rings. The van der Waals surface area contributed by atoms with Gasteiger partial charge < -0.3 is 5.73 Å². The van der Waals surface area contributed by atoms with Gasteiger partial charge in [-0.3, -0.25) is 4.90 Å². The van der Waals surface area contributed by atoms with Crippen molar-refractivity contribution in [2.24, 2.45) is 5.73 Å². The molecule has 0 amide bonds. The van der Waals surface area contributed by atoms with Crippen LogP contribution in [0.15, 0.2) is 18.2 Å². The van der Waals surface area contributed by atoms with Gasteiger partial charge in [-0.1, -0.05) is 0 Å². The highest BCUT2D eigenvalue weighted by atomic mass is 19.1. The third kappa shape index (κ3) is 2.87. The topological polar surface area (TPSA) is 29.3 Å². The maximum absolute atomic E-state index is 13.3. The summed E-state index contributed by atoms with van der Waals surface area (Å²) < 4.78 is 26.6. The van der Waals surface area contributed by atoms with Crippen LogP contribution in [0.2, 0.25) is 0 Å². The summed E-state index contributed by atoms with van der Waals surface area (Å²) in [5, 5.41) is 0. The Bertz CT molecular complexity index is 400. The van der Waals surface area contributed by atoms with Crippen LogP contribution in [-0.4, -0.2) is 23.5 Å². The predicted molar refractivity (Wildman–Crippen MR) is 68.2 cm³/mol. The molecule has 1 aliphatic heterocycles. The zero-order valence-corrected chi connectivity index (χ0v) is 10.9. The summed E-state index contributed by atoms with van der Waals surface area (Å²) in [6.07, 6.45) is 1.69. The van der Waals surface area contributed by atoms with Gasteiger partial charge in [0.2, 0.25) is 0 Å². The van der Waals surface area contributed by atoms with Crippen molar-refractivity contribution in [2.45, 2.75) is 44.8 Å². The molecule has 2 nitrogen and oxygen atoms in total. The first-order valence-electron chi connectivity index (χ1n) is 6.44. The molecule has 1 aromatic carbocycles. The van der Waals surface area contributed by atoms with Gasteiger partial charge in [0.15, 0.2) is 0 Å². The molecule has 2 N–H and O–H groups in total. The van der Waals surface area contributed by atoms with E-state index < -0.39 is 11.6 Å². The number of nitrogens with two attached hydrogens (primary N) is 1. The van der Waals surface area contributed by atoms with Crippen LogP contribution in [0.5, 0.6) is 0 Å². The van der Waals surface area contributed by atoms with Crippen molar-refractivity contribution in [3.8, 4) is 0 Å². The summed E-state index contributed by atoms with van der Waals surface area (Å²) >= 11 is 0. The molecule has 1 aromatic rings. The Morgan fingerprint density at radius 2 is 1.83 bits per heavy atom. The molecule has 1 fully saturated rings. The van der Waals surface area contributed by atoms with E-state index >= 15 is 0 Å². The number of hydrogen-bond acceptors (Lipinski definition) is 2. The molecule has 0 saturated carbocycles.